The van der Waals surface area contributed by atoms with Crippen molar-refractivity contribution >= 4 is 11.8 Å². The summed E-state index contributed by atoms with van der Waals surface area (Å²) in [5, 5.41) is 10.1. The number of phenolic OH excluding ortho intramolecular Hbond substituents is 1. The summed E-state index contributed by atoms with van der Waals surface area (Å²) in [6.45, 7) is 4.05. The Bertz CT molecular complexity index is 316. The van der Waals surface area contributed by atoms with Crippen LogP contribution in [0.1, 0.15) is 21.9 Å². The molecule has 1 atom stereocenters. The lowest BCUT2D eigenvalue weighted by atomic mass is 10.0. The minimum absolute atomic E-state index is 0.433. The fourth-order valence-electron chi connectivity index (χ4n) is 1.43. The molecule has 1 heterocycles. The standard InChI is InChI=1S/C10H12OS/c1-6-3-7(2)9(11)4-8(6)10-5-12-10/h3-4,10-11H,5H2,1-2H3. The van der Waals surface area contributed by atoms with Crippen LogP contribution in [0.5, 0.6) is 5.75 Å². The van der Waals surface area contributed by atoms with Crippen molar-refractivity contribution in [3.8, 4) is 5.75 Å². The van der Waals surface area contributed by atoms with Gasteiger partial charge in [0.15, 0.2) is 0 Å². The van der Waals surface area contributed by atoms with Crippen LogP contribution in [0, 0.1) is 13.8 Å². The molecule has 1 unspecified atom stereocenters. The van der Waals surface area contributed by atoms with Crippen molar-refractivity contribution in [2.45, 2.75) is 19.1 Å². The van der Waals surface area contributed by atoms with Crippen LogP contribution in [0.25, 0.3) is 0 Å². The molecule has 1 nitrogen and oxygen atoms in total. The molecule has 0 bridgehead atoms. The Hall–Kier alpha value is -0.630. The van der Waals surface area contributed by atoms with Gasteiger partial charge in [0.2, 0.25) is 0 Å². The van der Waals surface area contributed by atoms with E-state index in [1.54, 1.807) is 0 Å². The fourth-order valence-corrected chi connectivity index (χ4v) is 2.14. The number of hydrogen-bond donors (Lipinski definition) is 1. The fraction of sp³-hybridized carbons (Fsp3) is 0.400. The first-order valence-electron chi connectivity index (χ1n) is 4.10. The van der Waals surface area contributed by atoms with Crippen LogP contribution >= 0.6 is 11.8 Å². The number of rotatable bonds is 1. The first kappa shape index (κ1) is 7.99. The highest BCUT2D eigenvalue weighted by atomic mass is 32.2. The molecule has 0 amide bonds. The second-order valence-electron chi connectivity index (χ2n) is 3.32. The van der Waals surface area contributed by atoms with Crippen LogP contribution in [-0.2, 0) is 0 Å². The maximum atomic E-state index is 9.49. The molecule has 0 aromatic heterocycles. The van der Waals surface area contributed by atoms with E-state index in [4.69, 9.17) is 0 Å². The number of benzene rings is 1. The molecule has 1 aliphatic rings. The molecule has 2 rings (SSSR count). The number of thioether (sulfide) groups is 1. The van der Waals surface area contributed by atoms with Gasteiger partial charge in [0, 0.05) is 11.0 Å². The van der Waals surface area contributed by atoms with E-state index in [1.165, 1.54) is 16.9 Å². The van der Waals surface area contributed by atoms with E-state index in [0.29, 0.717) is 11.0 Å². The molecule has 0 saturated carbocycles. The van der Waals surface area contributed by atoms with Crippen molar-refractivity contribution in [3.05, 3.63) is 28.8 Å². The number of aryl methyl sites for hydroxylation is 2. The van der Waals surface area contributed by atoms with Crippen LogP contribution in [0.2, 0.25) is 0 Å². The molecule has 12 heavy (non-hydrogen) atoms. The molecule has 2 heteroatoms. The maximum Gasteiger partial charge on any atom is 0.118 e. The second kappa shape index (κ2) is 2.70. The van der Waals surface area contributed by atoms with E-state index < -0.39 is 0 Å². The Labute approximate surface area is 76.8 Å². The molecule has 0 aliphatic carbocycles. The second-order valence-corrected chi connectivity index (χ2v) is 4.55. The molecule has 1 aromatic rings. The Morgan fingerprint density at radius 3 is 2.58 bits per heavy atom. The summed E-state index contributed by atoms with van der Waals surface area (Å²) in [7, 11) is 0. The molecular weight excluding hydrogens is 168 g/mol. The Balaban J connectivity index is 2.47. The van der Waals surface area contributed by atoms with Gasteiger partial charge in [-0.25, -0.2) is 0 Å². The SMILES string of the molecule is Cc1cc(C)c(C2CS2)cc1O. The van der Waals surface area contributed by atoms with Gasteiger partial charge in [-0.15, -0.1) is 0 Å². The van der Waals surface area contributed by atoms with Gasteiger partial charge in [0.1, 0.15) is 5.75 Å². The molecular formula is C10H12OS. The summed E-state index contributed by atoms with van der Waals surface area (Å²) in [4.78, 5) is 0. The molecule has 0 spiro atoms. The third-order valence-electron chi connectivity index (χ3n) is 2.26. The quantitative estimate of drug-likeness (QED) is 0.671. The highest BCUT2D eigenvalue weighted by Crippen LogP contribution is 2.48. The Kier molecular flexibility index (Phi) is 1.80. The number of hydrogen-bond acceptors (Lipinski definition) is 2. The summed E-state index contributed by atoms with van der Waals surface area (Å²) in [6.07, 6.45) is 0. The number of aromatic hydroxyl groups is 1. The average molecular weight is 180 g/mol. The number of phenols is 1. The normalized spacial score (nSPS) is 21.0. The molecule has 0 radical (unpaired) electrons. The molecule has 64 valence electrons. The lowest BCUT2D eigenvalue weighted by Crippen LogP contribution is -1.87. The van der Waals surface area contributed by atoms with E-state index >= 15 is 0 Å². The smallest absolute Gasteiger partial charge is 0.118 e. The zero-order chi connectivity index (χ0) is 8.72. The minimum Gasteiger partial charge on any atom is -0.508 e. The summed E-state index contributed by atoms with van der Waals surface area (Å²) in [5.74, 6) is 1.65. The van der Waals surface area contributed by atoms with Gasteiger partial charge in [0.25, 0.3) is 0 Å². The summed E-state index contributed by atoms with van der Waals surface area (Å²) < 4.78 is 0. The maximum absolute atomic E-state index is 9.49. The highest BCUT2D eigenvalue weighted by Gasteiger charge is 2.26. The van der Waals surface area contributed by atoms with Gasteiger partial charge in [-0.3, -0.25) is 0 Å². The van der Waals surface area contributed by atoms with Gasteiger partial charge in [-0.1, -0.05) is 6.07 Å². The average Bonchev–Trinajstić information content (AvgIpc) is 2.79. The van der Waals surface area contributed by atoms with E-state index in [-0.39, 0.29) is 0 Å². The van der Waals surface area contributed by atoms with E-state index in [2.05, 4.69) is 13.0 Å². The van der Waals surface area contributed by atoms with Crippen LogP contribution in [0.4, 0.5) is 0 Å². The van der Waals surface area contributed by atoms with Gasteiger partial charge in [-0.2, -0.15) is 11.8 Å². The first-order valence-corrected chi connectivity index (χ1v) is 5.15. The van der Waals surface area contributed by atoms with E-state index in [9.17, 15) is 5.11 Å². The summed E-state index contributed by atoms with van der Waals surface area (Å²) in [5.41, 5.74) is 3.59. The molecule has 1 saturated heterocycles. The third-order valence-corrected chi connectivity index (χ3v) is 3.19. The van der Waals surface area contributed by atoms with E-state index in [1.807, 2.05) is 24.8 Å². The van der Waals surface area contributed by atoms with Crippen molar-refractivity contribution in [1.82, 2.24) is 0 Å². The van der Waals surface area contributed by atoms with Gasteiger partial charge < -0.3 is 5.11 Å². The van der Waals surface area contributed by atoms with Crippen LogP contribution in [0.3, 0.4) is 0 Å². The predicted molar refractivity (Wildman–Crippen MR) is 52.8 cm³/mol. The van der Waals surface area contributed by atoms with Crippen molar-refractivity contribution in [3.63, 3.8) is 0 Å². The monoisotopic (exact) mass is 180 g/mol. The first-order chi connectivity index (χ1) is 5.68. The van der Waals surface area contributed by atoms with Gasteiger partial charge in [-0.05, 0) is 36.6 Å². The molecule has 1 aliphatic heterocycles. The third kappa shape index (κ3) is 1.31. The zero-order valence-electron chi connectivity index (χ0n) is 7.29. The van der Waals surface area contributed by atoms with Crippen LogP contribution in [0.15, 0.2) is 12.1 Å². The van der Waals surface area contributed by atoms with Crippen molar-refractivity contribution in [2.24, 2.45) is 0 Å². The minimum atomic E-state index is 0.433. The summed E-state index contributed by atoms with van der Waals surface area (Å²) >= 11 is 1.94. The largest absolute Gasteiger partial charge is 0.508 e. The van der Waals surface area contributed by atoms with Crippen molar-refractivity contribution < 1.29 is 5.11 Å². The Morgan fingerprint density at radius 2 is 2.00 bits per heavy atom. The molecule has 1 N–H and O–H groups in total. The van der Waals surface area contributed by atoms with Crippen molar-refractivity contribution in [2.75, 3.05) is 5.75 Å². The predicted octanol–water partition coefficient (Wildman–Crippen LogP) is 2.80. The van der Waals surface area contributed by atoms with Gasteiger partial charge in [0.05, 0.1) is 0 Å². The summed E-state index contributed by atoms with van der Waals surface area (Å²) in [6, 6.07) is 3.97. The van der Waals surface area contributed by atoms with Crippen LogP contribution in [-0.4, -0.2) is 10.9 Å². The van der Waals surface area contributed by atoms with Crippen molar-refractivity contribution in [1.29, 1.82) is 0 Å². The lowest BCUT2D eigenvalue weighted by Gasteiger charge is -2.06. The van der Waals surface area contributed by atoms with E-state index in [0.717, 1.165) is 5.56 Å². The van der Waals surface area contributed by atoms with Crippen LogP contribution < -0.4 is 0 Å². The van der Waals surface area contributed by atoms with Gasteiger partial charge >= 0.3 is 0 Å². The Morgan fingerprint density at radius 1 is 1.33 bits per heavy atom. The molecule has 1 fully saturated rings. The highest BCUT2D eigenvalue weighted by molar-refractivity contribution is 8.06. The zero-order valence-corrected chi connectivity index (χ0v) is 8.11. The molecule has 1 aromatic carbocycles. The topological polar surface area (TPSA) is 20.2 Å². The lowest BCUT2D eigenvalue weighted by molar-refractivity contribution is 0.470.